The van der Waals surface area contributed by atoms with Crippen molar-refractivity contribution in [2.75, 3.05) is 13.1 Å². The normalized spacial score (nSPS) is 25.5. The number of nitrogens with one attached hydrogen (secondary N) is 1. The SMILES string of the molecule is NCCCCNC(=O)C1CC2CCCCC2N1C(=O)c1ccccc1. The van der Waals surface area contributed by atoms with Crippen LogP contribution in [0.1, 0.15) is 55.3 Å². The molecule has 0 bridgehead atoms. The summed E-state index contributed by atoms with van der Waals surface area (Å²) in [5.41, 5.74) is 6.18. The van der Waals surface area contributed by atoms with Crippen molar-refractivity contribution in [3.63, 3.8) is 0 Å². The van der Waals surface area contributed by atoms with Gasteiger partial charge in [0.1, 0.15) is 6.04 Å². The van der Waals surface area contributed by atoms with E-state index in [4.69, 9.17) is 5.73 Å². The molecule has 3 rings (SSSR count). The second kappa shape index (κ2) is 8.48. The van der Waals surface area contributed by atoms with Crippen LogP contribution >= 0.6 is 0 Å². The van der Waals surface area contributed by atoms with Gasteiger partial charge in [0.25, 0.3) is 5.91 Å². The van der Waals surface area contributed by atoms with Crippen molar-refractivity contribution in [3.05, 3.63) is 35.9 Å². The Labute approximate surface area is 150 Å². The lowest BCUT2D eigenvalue weighted by Crippen LogP contribution is -2.49. The Morgan fingerprint density at radius 2 is 1.88 bits per heavy atom. The fraction of sp³-hybridized carbons (Fsp3) is 0.600. The average molecular weight is 343 g/mol. The number of hydrogen-bond acceptors (Lipinski definition) is 3. The molecule has 3 N–H and O–H groups in total. The number of fused-ring (bicyclic) bond motifs is 1. The van der Waals surface area contributed by atoms with Gasteiger partial charge in [0.2, 0.25) is 5.91 Å². The van der Waals surface area contributed by atoms with E-state index in [0.717, 1.165) is 38.5 Å². The van der Waals surface area contributed by atoms with Crippen LogP contribution in [0.2, 0.25) is 0 Å². The number of benzene rings is 1. The molecule has 2 fully saturated rings. The number of nitrogens with zero attached hydrogens (tertiary/aromatic N) is 1. The lowest BCUT2D eigenvalue weighted by molar-refractivity contribution is -0.125. The molecule has 1 aromatic rings. The first-order valence-electron chi connectivity index (χ1n) is 9.58. The first-order chi connectivity index (χ1) is 12.2. The van der Waals surface area contributed by atoms with Gasteiger partial charge >= 0.3 is 0 Å². The lowest BCUT2D eigenvalue weighted by Gasteiger charge is -2.33. The van der Waals surface area contributed by atoms with Crippen molar-refractivity contribution in [2.24, 2.45) is 11.7 Å². The molecule has 1 saturated carbocycles. The minimum atomic E-state index is -0.335. The van der Waals surface area contributed by atoms with Crippen LogP contribution < -0.4 is 11.1 Å². The molecule has 1 aliphatic carbocycles. The summed E-state index contributed by atoms with van der Waals surface area (Å²) in [5, 5.41) is 3.02. The van der Waals surface area contributed by atoms with E-state index in [1.54, 1.807) is 0 Å². The summed E-state index contributed by atoms with van der Waals surface area (Å²) >= 11 is 0. The maximum absolute atomic E-state index is 13.1. The number of unbranched alkanes of at least 4 members (excludes halogenated alkanes) is 1. The largest absolute Gasteiger partial charge is 0.354 e. The van der Waals surface area contributed by atoms with Gasteiger partial charge in [0.05, 0.1) is 0 Å². The molecular weight excluding hydrogens is 314 g/mol. The van der Waals surface area contributed by atoms with Gasteiger partial charge < -0.3 is 16.0 Å². The fourth-order valence-corrected chi connectivity index (χ4v) is 4.31. The van der Waals surface area contributed by atoms with Gasteiger partial charge in [0.15, 0.2) is 0 Å². The maximum Gasteiger partial charge on any atom is 0.254 e. The lowest BCUT2D eigenvalue weighted by atomic mass is 9.84. The molecule has 5 nitrogen and oxygen atoms in total. The Morgan fingerprint density at radius 1 is 1.12 bits per heavy atom. The van der Waals surface area contributed by atoms with Crippen LogP contribution in [-0.4, -0.2) is 41.9 Å². The summed E-state index contributed by atoms with van der Waals surface area (Å²) in [4.78, 5) is 27.8. The van der Waals surface area contributed by atoms with E-state index in [1.165, 1.54) is 6.42 Å². The number of rotatable bonds is 6. The second-order valence-electron chi connectivity index (χ2n) is 7.23. The molecule has 5 heteroatoms. The van der Waals surface area contributed by atoms with Gasteiger partial charge in [-0.2, -0.15) is 0 Å². The van der Waals surface area contributed by atoms with Gasteiger partial charge in [0, 0.05) is 18.2 Å². The number of carbonyl (C=O) groups is 2. The van der Waals surface area contributed by atoms with E-state index in [2.05, 4.69) is 5.32 Å². The molecule has 1 saturated heterocycles. The van der Waals surface area contributed by atoms with E-state index in [9.17, 15) is 9.59 Å². The summed E-state index contributed by atoms with van der Waals surface area (Å²) in [6.07, 6.45) is 7.08. The van der Waals surface area contributed by atoms with Crippen molar-refractivity contribution < 1.29 is 9.59 Å². The molecule has 0 aromatic heterocycles. The summed E-state index contributed by atoms with van der Waals surface area (Å²) in [7, 11) is 0. The zero-order valence-electron chi connectivity index (χ0n) is 14.8. The molecule has 0 radical (unpaired) electrons. The van der Waals surface area contributed by atoms with Crippen molar-refractivity contribution >= 4 is 11.8 Å². The van der Waals surface area contributed by atoms with E-state index in [0.29, 0.717) is 24.6 Å². The first kappa shape index (κ1) is 17.9. The highest BCUT2D eigenvalue weighted by atomic mass is 16.2. The van der Waals surface area contributed by atoms with Crippen LogP contribution in [-0.2, 0) is 4.79 Å². The Bertz CT molecular complexity index is 590. The van der Waals surface area contributed by atoms with E-state index < -0.39 is 0 Å². The third-order valence-corrected chi connectivity index (χ3v) is 5.58. The van der Waals surface area contributed by atoms with Crippen LogP contribution in [0, 0.1) is 5.92 Å². The molecular formula is C20H29N3O2. The van der Waals surface area contributed by atoms with Crippen molar-refractivity contribution in [1.82, 2.24) is 10.2 Å². The van der Waals surface area contributed by atoms with Gasteiger partial charge in [-0.3, -0.25) is 9.59 Å². The van der Waals surface area contributed by atoms with Gasteiger partial charge in [-0.1, -0.05) is 31.0 Å². The van der Waals surface area contributed by atoms with Crippen LogP contribution in [0.15, 0.2) is 30.3 Å². The van der Waals surface area contributed by atoms with E-state index >= 15 is 0 Å². The van der Waals surface area contributed by atoms with E-state index in [1.807, 2.05) is 35.2 Å². The van der Waals surface area contributed by atoms with Crippen molar-refractivity contribution in [2.45, 2.75) is 57.0 Å². The molecule has 2 aliphatic rings. The Kier molecular flexibility index (Phi) is 6.08. The number of amides is 2. The minimum absolute atomic E-state index is 0.00268. The Morgan fingerprint density at radius 3 is 2.64 bits per heavy atom. The Balaban J connectivity index is 1.75. The molecule has 1 aromatic carbocycles. The van der Waals surface area contributed by atoms with Gasteiger partial charge in [-0.25, -0.2) is 0 Å². The monoisotopic (exact) mass is 343 g/mol. The molecule has 1 aliphatic heterocycles. The minimum Gasteiger partial charge on any atom is -0.354 e. The van der Waals surface area contributed by atoms with Crippen LogP contribution in [0.4, 0.5) is 0 Å². The molecule has 2 amide bonds. The van der Waals surface area contributed by atoms with Crippen LogP contribution in [0.25, 0.3) is 0 Å². The van der Waals surface area contributed by atoms with Gasteiger partial charge in [-0.05, 0) is 56.7 Å². The van der Waals surface area contributed by atoms with Gasteiger partial charge in [-0.15, -0.1) is 0 Å². The van der Waals surface area contributed by atoms with Crippen molar-refractivity contribution in [3.8, 4) is 0 Å². The Hall–Kier alpha value is -1.88. The summed E-state index contributed by atoms with van der Waals surface area (Å²) in [5.74, 6) is 0.453. The van der Waals surface area contributed by atoms with Crippen LogP contribution in [0.5, 0.6) is 0 Å². The van der Waals surface area contributed by atoms with Crippen LogP contribution in [0.3, 0.4) is 0 Å². The van der Waals surface area contributed by atoms with E-state index in [-0.39, 0.29) is 23.9 Å². The van der Waals surface area contributed by atoms with Crippen molar-refractivity contribution in [1.29, 1.82) is 0 Å². The number of nitrogens with two attached hydrogens (primary N) is 1. The fourth-order valence-electron chi connectivity index (χ4n) is 4.31. The molecule has 1 heterocycles. The topological polar surface area (TPSA) is 75.4 Å². The highest BCUT2D eigenvalue weighted by molar-refractivity contribution is 5.98. The predicted molar refractivity (Wildman–Crippen MR) is 98.1 cm³/mol. The average Bonchev–Trinajstić information content (AvgIpc) is 3.05. The quantitative estimate of drug-likeness (QED) is 0.778. The number of hydrogen-bond donors (Lipinski definition) is 2. The smallest absolute Gasteiger partial charge is 0.254 e. The summed E-state index contributed by atoms with van der Waals surface area (Å²) in [6.45, 7) is 1.28. The molecule has 136 valence electrons. The summed E-state index contributed by atoms with van der Waals surface area (Å²) in [6, 6.07) is 9.22. The number of likely N-dealkylation sites (tertiary alicyclic amines) is 1. The third-order valence-electron chi connectivity index (χ3n) is 5.58. The summed E-state index contributed by atoms with van der Waals surface area (Å²) < 4.78 is 0. The second-order valence-corrected chi connectivity index (χ2v) is 7.23. The molecule has 25 heavy (non-hydrogen) atoms. The highest BCUT2D eigenvalue weighted by Crippen LogP contribution is 2.40. The molecule has 3 unspecified atom stereocenters. The maximum atomic E-state index is 13.1. The molecule has 3 atom stereocenters. The third kappa shape index (κ3) is 4.03. The zero-order valence-corrected chi connectivity index (χ0v) is 14.8. The zero-order chi connectivity index (χ0) is 17.6. The standard InChI is InChI=1S/C20H29N3O2/c21-12-6-7-13-22-19(24)18-14-16-10-4-5-11-17(16)23(18)20(25)15-8-2-1-3-9-15/h1-3,8-9,16-18H,4-7,10-14,21H2,(H,22,24). The highest BCUT2D eigenvalue weighted by Gasteiger charge is 2.47. The predicted octanol–water partition coefficient (Wildman–Crippen LogP) is 2.31. The molecule has 0 spiro atoms. The first-order valence-corrected chi connectivity index (χ1v) is 9.58. The number of carbonyl (C=O) groups excluding carboxylic acids is 2.